The first-order valence-corrected chi connectivity index (χ1v) is 9.64. The van der Waals surface area contributed by atoms with E-state index < -0.39 is 0 Å². The Hall–Kier alpha value is -1.98. The van der Waals surface area contributed by atoms with E-state index in [1.807, 2.05) is 16.0 Å². The number of hydrogen-bond acceptors (Lipinski definition) is 4. The average Bonchev–Trinajstić information content (AvgIpc) is 2.59. The van der Waals surface area contributed by atoms with Crippen molar-refractivity contribution in [2.24, 2.45) is 5.41 Å². The van der Waals surface area contributed by atoms with Crippen molar-refractivity contribution in [1.82, 2.24) is 19.8 Å². The number of rotatable bonds is 2. The third kappa shape index (κ3) is 4.22. The van der Waals surface area contributed by atoms with Gasteiger partial charge in [-0.25, -0.2) is 9.97 Å². The van der Waals surface area contributed by atoms with Crippen LogP contribution in [0.1, 0.15) is 76.5 Å². The fourth-order valence-electron chi connectivity index (χ4n) is 3.85. The number of fused-ring (bicyclic) bond motifs is 1. The SMILES string of the molecule is CC(=O)N1CCCC[C@H]1c1ncc2c(n1)CCN(C(=O)CC(C)(C)C)C2. The number of likely N-dealkylation sites (tertiary alicyclic amines) is 1. The lowest BCUT2D eigenvalue weighted by Gasteiger charge is -2.35. The van der Waals surface area contributed by atoms with Crippen molar-refractivity contribution in [3.8, 4) is 0 Å². The number of nitrogens with zero attached hydrogens (tertiary/aromatic N) is 4. The maximum absolute atomic E-state index is 12.5. The zero-order valence-electron chi connectivity index (χ0n) is 16.4. The first-order valence-electron chi connectivity index (χ1n) is 9.64. The molecule has 1 atom stereocenters. The molecule has 0 N–H and O–H groups in total. The van der Waals surface area contributed by atoms with Crippen molar-refractivity contribution in [3.05, 3.63) is 23.3 Å². The molecule has 6 nitrogen and oxygen atoms in total. The smallest absolute Gasteiger partial charge is 0.223 e. The van der Waals surface area contributed by atoms with E-state index in [4.69, 9.17) is 4.98 Å². The summed E-state index contributed by atoms with van der Waals surface area (Å²) in [6.45, 7) is 9.96. The molecule has 6 heteroatoms. The summed E-state index contributed by atoms with van der Waals surface area (Å²) in [5, 5.41) is 0. The van der Waals surface area contributed by atoms with Crippen LogP contribution in [0.25, 0.3) is 0 Å². The van der Waals surface area contributed by atoms with Gasteiger partial charge in [-0.05, 0) is 24.7 Å². The average molecular weight is 358 g/mol. The molecule has 0 unspecified atom stereocenters. The van der Waals surface area contributed by atoms with Crippen molar-refractivity contribution in [2.45, 2.75) is 72.4 Å². The molecular weight excluding hydrogens is 328 g/mol. The van der Waals surface area contributed by atoms with Gasteiger partial charge in [0.05, 0.1) is 11.7 Å². The third-order valence-electron chi connectivity index (χ3n) is 5.19. The van der Waals surface area contributed by atoms with E-state index in [9.17, 15) is 9.59 Å². The van der Waals surface area contributed by atoms with Gasteiger partial charge in [0, 0.05) is 51.2 Å². The number of hydrogen-bond donors (Lipinski definition) is 0. The van der Waals surface area contributed by atoms with Crippen molar-refractivity contribution < 1.29 is 9.59 Å². The molecular formula is C20H30N4O2. The van der Waals surface area contributed by atoms with Gasteiger partial charge in [-0.2, -0.15) is 0 Å². The number of carbonyl (C=O) groups excluding carboxylic acids is 2. The second-order valence-electron chi connectivity index (χ2n) is 8.73. The second-order valence-corrected chi connectivity index (χ2v) is 8.73. The molecule has 0 radical (unpaired) electrons. The van der Waals surface area contributed by atoms with Crippen LogP contribution in [0.3, 0.4) is 0 Å². The van der Waals surface area contributed by atoms with Gasteiger partial charge >= 0.3 is 0 Å². The summed E-state index contributed by atoms with van der Waals surface area (Å²) in [6, 6.07) is -0.00731. The highest BCUT2D eigenvalue weighted by Gasteiger charge is 2.30. The van der Waals surface area contributed by atoms with Gasteiger partial charge in [0.25, 0.3) is 0 Å². The maximum atomic E-state index is 12.5. The first-order chi connectivity index (χ1) is 12.2. The standard InChI is InChI=1S/C20H30N4O2/c1-14(25)24-9-6-5-7-17(24)19-21-12-15-13-23(10-8-16(15)22-19)18(26)11-20(2,3)4/h12,17H,5-11,13H2,1-4H3/t17-/m0/s1. The monoisotopic (exact) mass is 358 g/mol. The minimum Gasteiger partial charge on any atom is -0.338 e. The molecule has 0 spiro atoms. The highest BCUT2D eigenvalue weighted by molar-refractivity contribution is 5.77. The van der Waals surface area contributed by atoms with Crippen LogP contribution in [0.5, 0.6) is 0 Å². The van der Waals surface area contributed by atoms with E-state index in [-0.39, 0.29) is 23.3 Å². The van der Waals surface area contributed by atoms with Gasteiger partial charge in [-0.1, -0.05) is 20.8 Å². The first kappa shape index (κ1) is 18.8. The van der Waals surface area contributed by atoms with Crippen LogP contribution in [-0.4, -0.2) is 44.7 Å². The molecule has 3 heterocycles. The molecule has 2 aliphatic heterocycles. The lowest BCUT2D eigenvalue weighted by atomic mass is 9.91. The highest BCUT2D eigenvalue weighted by Crippen LogP contribution is 2.30. The third-order valence-corrected chi connectivity index (χ3v) is 5.19. The minimum absolute atomic E-state index is 0.00511. The lowest BCUT2D eigenvalue weighted by molar-refractivity contribution is -0.134. The van der Waals surface area contributed by atoms with Gasteiger partial charge in [0.15, 0.2) is 5.82 Å². The maximum Gasteiger partial charge on any atom is 0.223 e. The van der Waals surface area contributed by atoms with Crippen molar-refractivity contribution in [2.75, 3.05) is 13.1 Å². The van der Waals surface area contributed by atoms with Crippen molar-refractivity contribution >= 4 is 11.8 Å². The summed E-state index contributed by atoms with van der Waals surface area (Å²) in [5.74, 6) is 1.05. The van der Waals surface area contributed by atoms with Crippen LogP contribution < -0.4 is 0 Å². The fourth-order valence-corrected chi connectivity index (χ4v) is 3.85. The van der Waals surface area contributed by atoms with Crippen LogP contribution in [-0.2, 0) is 22.6 Å². The summed E-state index contributed by atoms with van der Waals surface area (Å²) in [7, 11) is 0. The van der Waals surface area contributed by atoms with Crippen LogP contribution >= 0.6 is 0 Å². The Balaban J connectivity index is 1.74. The van der Waals surface area contributed by atoms with E-state index in [0.29, 0.717) is 19.5 Å². The topological polar surface area (TPSA) is 66.4 Å². The molecule has 3 rings (SSSR count). The zero-order chi connectivity index (χ0) is 18.9. The highest BCUT2D eigenvalue weighted by atomic mass is 16.2. The molecule has 1 saturated heterocycles. The van der Waals surface area contributed by atoms with Gasteiger partial charge in [-0.15, -0.1) is 0 Å². The predicted octanol–water partition coefficient (Wildman–Crippen LogP) is 2.87. The number of carbonyl (C=O) groups is 2. The molecule has 1 aromatic rings. The molecule has 2 aliphatic rings. The van der Waals surface area contributed by atoms with Crippen molar-refractivity contribution in [3.63, 3.8) is 0 Å². The van der Waals surface area contributed by atoms with Gasteiger partial charge < -0.3 is 9.80 Å². The Morgan fingerprint density at radius 2 is 2.00 bits per heavy atom. The minimum atomic E-state index is -0.00731. The van der Waals surface area contributed by atoms with E-state index in [2.05, 4.69) is 25.8 Å². The molecule has 142 valence electrons. The van der Waals surface area contributed by atoms with Gasteiger partial charge in [-0.3, -0.25) is 9.59 Å². The Morgan fingerprint density at radius 1 is 1.23 bits per heavy atom. The summed E-state index contributed by atoms with van der Waals surface area (Å²) in [4.78, 5) is 37.6. The summed E-state index contributed by atoms with van der Waals surface area (Å²) < 4.78 is 0. The van der Waals surface area contributed by atoms with E-state index >= 15 is 0 Å². The quantitative estimate of drug-likeness (QED) is 0.815. The molecule has 0 bridgehead atoms. The van der Waals surface area contributed by atoms with E-state index in [0.717, 1.165) is 49.3 Å². The Morgan fingerprint density at radius 3 is 2.69 bits per heavy atom. The number of amides is 2. The normalized spacial score (nSPS) is 20.7. The number of aromatic nitrogens is 2. The molecule has 0 aliphatic carbocycles. The Kier molecular flexibility index (Phi) is 5.30. The molecule has 1 fully saturated rings. The largest absolute Gasteiger partial charge is 0.338 e. The fraction of sp³-hybridized carbons (Fsp3) is 0.700. The summed E-state index contributed by atoms with van der Waals surface area (Å²) in [6.07, 6.45) is 6.25. The van der Waals surface area contributed by atoms with E-state index in [1.54, 1.807) is 6.92 Å². The van der Waals surface area contributed by atoms with Crippen molar-refractivity contribution in [1.29, 1.82) is 0 Å². The van der Waals surface area contributed by atoms with Crippen LogP contribution in [0, 0.1) is 5.41 Å². The second kappa shape index (κ2) is 7.33. The molecule has 0 aromatic carbocycles. The summed E-state index contributed by atoms with van der Waals surface area (Å²) >= 11 is 0. The summed E-state index contributed by atoms with van der Waals surface area (Å²) in [5.41, 5.74) is 2.06. The van der Waals surface area contributed by atoms with E-state index in [1.165, 1.54) is 0 Å². The molecule has 1 aromatic heterocycles. The zero-order valence-corrected chi connectivity index (χ0v) is 16.4. The van der Waals surface area contributed by atoms with Gasteiger partial charge in [0.1, 0.15) is 0 Å². The molecule has 2 amide bonds. The number of piperidine rings is 1. The van der Waals surface area contributed by atoms with Gasteiger partial charge in [0.2, 0.25) is 11.8 Å². The molecule has 0 saturated carbocycles. The Bertz CT molecular complexity index is 696. The molecule has 26 heavy (non-hydrogen) atoms. The van der Waals surface area contributed by atoms with Crippen LogP contribution in [0.15, 0.2) is 6.20 Å². The van der Waals surface area contributed by atoms with Crippen LogP contribution in [0.4, 0.5) is 0 Å². The Labute approximate surface area is 156 Å². The lowest BCUT2D eigenvalue weighted by Crippen LogP contribution is -2.40. The predicted molar refractivity (Wildman–Crippen MR) is 99.2 cm³/mol. The van der Waals surface area contributed by atoms with Crippen LogP contribution in [0.2, 0.25) is 0 Å².